The van der Waals surface area contributed by atoms with E-state index in [0.29, 0.717) is 28.3 Å². The van der Waals surface area contributed by atoms with E-state index in [4.69, 9.17) is 5.26 Å². The Bertz CT molecular complexity index is 1110. The molecule has 0 aliphatic carbocycles. The van der Waals surface area contributed by atoms with E-state index in [-0.39, 0.29) is 12.5 Å². The third-order valence-corrected chi connectivity index (χ3v) is 5.11. The van der Waals surface area contributed by atoms with Gasteiger partial charge in [0, 0.05) is 23.3 Å². The molecule has 3 amide bonds. The van der Waals surface area contributed by atoms with E-state index < -0.39 is 17.0 Å². The van der Waals surface area contributed by atoms with Crippen LogP contribution in [-0.4, -0.2) is 35.5 Å². The van der Waals surface area contributed by atoms with Gasteiger partial charge in [-0.2, -0.15) is 5.26 Å². The average Bonchev–Trinajstić information content (AvgIpc) is 2.78. The fourth-order valence-corrected chi connectivity index (χ4v) is 3.21. The maximum Gasteiger partial charge on any atom is 0.324 e. The predicted octanol–water partition coefficient (Wildman–Crippen LogP) is 4.99. The molecule has 0 saturated carbocycles. The number of nitrogens with one attached hydrogen (secondary N) is 4. The van der Waals surface area contributed by atoms with Crippen molar-refractivity contribution in [3.05, 3.63) is 48.0 Å². The summed E-state index contributed by atoms with van der Waals surface area (Å²) in [5.41, 5.74) is 1.09. The second-order valence-corrected chi connectivity index (χ2v) is 9.54. The number of aliphatic hydroxyl groups is 1. The summed E-state index contributed by atoms with van der Waals surface area (Å²) >= 11 is 0. The molecule has 35 heavy (non-hydrogen) atoms. The lowest BCUT2D eigenvalue weighted by Crippen LogP contribution is -2.30. The van der Waals surface area contributed by atoms with Gasteiger partial charge in [-0.25, -0.2) is 9.79 Å². The van der Waals surface area contributed by atoms with Gasteiger partial charge in [-0.3, -0.25) is 10.1 Å². The fourth-order valence-electron chi connectivity index (χ4n) is 3.21. The molecule has 0 bridgehead atoms. The molecule has 0 unspecified atom stereocenters. The van der Waals surface area contributed by atoms with Crippen molar-refractivity contribution in [1.82, 2.24) is 5.32 Å². The van der Waals surface area contributed by atoms with Crippen LogP contribution in [0.2, 0.25) is 0 Å². The second-order valence-electron chi connectivity index (χ2n) is 9.54. The summed E-state index contributed by atoms with van der Waals surface area (Å²) in [4.78, 5) is 29.3. The molecule has 0 radical (unpaired) electrons. The van der Waals surface area contributed by atoms with E-state index in [1.165, 1.54) is 6.34 Å². The molecule has 0 aromatic heterocycles. The zero-order chi connectivity index (χ0) is 26.1. The van der Waals surface area contributed by atoms with Crippen molar-refractivity contribution in [2.75, 3.05) is 22.5 Å². The molecule has 2 aromatic carbocycles. The quantitative estimate of drug-likeness (QED) is 0.242. The van der Waals surface area contributed by atoms with Gasteiger partial charge >= 0.3 is 6.03 Å². The summed E-state index contributed by atoms with van der Waals surface area (Å²) in [6.07, 6.45) is 2.89. The Morgan fingerprint density at radius 3 is 2.46 bits per heavy atom. The number of nitriles is 1. The Morgan fingerprint density at radius 1 is 1.09 bits per heavy atom. The number of amides is 3. The summed E-state index contributed by atoms with van der Waals surface area (Å²) in [7, 11) is 0. The van der Waals surface area contributed by atoms with E-state index >= 15 is 0 Å². The lowest BCUT2D eigenvalue weighted by atomic mass is 9.87. The van der Waals surface area contributed by atoms with Crippen LogP contribution < -0.4 is 21.3 Å². The SMILES string of the molecule is CCCC(C)(C)C(=O)Nc1ccc(NCC(C)(C)O)c(N=CNC(=O)Nc2cccc(C#N)c2)c1. The van der Waals surface area contributed by atoms with Crippen LogP contribution in [-0.2, 0) is 4.79 Å². The Labute approximate surface area is 206 Å². The first-order valence-corrected chi connectivity index (χ1v) is 11.5. The summed E-state index contributed by atoms with van der Waals surface area (Å²) in [5.74, 6) is -0.0939. The summed E-state index contributed by atoms with van der Waals surface area (Å²) in [6, 6.07) is 13.2. The van der Waals surface area contributed by atoms with Crippen molar-refractivity contribution in [3.63, 3.8) is 0 Å². The van der Waals surface area contributed by atoms with Crippen LogP contribution in [0.5, 0.6) is 0 Å². The monoisotopic (exact) mass is 478 g/mol. The number of carbonyl (C=O) groups excluding carboxylic acids is 2. The maximum absolute atomic E-state index is 12.7. The first-order valence-electron chi connectivity index (χ1n) is 11.5. The van der Waals surface area contributed by atoms with Crippen molar-refractivity contribution in [2.45, 2.75) is 53.1 Å². The smallest absolute Gasteiger partial charge is 0.324 e. The summed E-state index contributed by atoms with van der Waals surface area (Å²) in [5, 5.41) is 30.3. The second kappa shape index (κ2) is 12.0. The molecule has 0 aliphatic heterocycles. The van der Waals surface area contributed by atoms with Gasteiger partial charge in [0.15, 0.2) is 0 Å². The minimum atomic E-state index is -0.950. The molecule has 2 aromatic rings. The molecule has 5 N–H and O–H groups in total. The maximum atomic E-state index is 12.7. The molecule has 9 heteroatoms. The van der Waals surface area contributed by atoms with E-state index in [1.54, 1.807) is 56.3 Å². The number of rotatable bonds is 10. The molecule has 2 rings (SSSR count). The van der Waals surface area contributed by atoms with Crippen LogP contribution in [0.15, 0.2) is 47.5 Å². The molecule has 9 nitrogen and oxygen atoms in total. The first-order chi connectivity index (χ1) is 16.4. The number of anilines is 3. The van der Waals surface area contributed by atoms with Crippen LogP contribution in [0, 0.1) is 16.7 Å². The Balaban J connectivity index is 2.17. The Morgan fingerprint density at radius 2 is 1.80 bits per heavy atom. The molecular weight excluding hydrogens is 444 g/mol. The van der Waals surface area contributed by atoms with Crippen LogP contribution in [0.1, 0.15) is 53.0 Å². The van der Waals surface area contributed by atoms with E-state index in [2.05, 4.69) is 26.3 Å². The molecule has 0 saturated heterocycles. The van der Waals surface area contributed by atoms with Gasteiger partial charge in [0.25, 0.3) is 0 Å². The third-order valence-electron chi connectivity index (χ3n) is 5.11. The number of benzene rings is 2. The van der Waals surface area contributed by atoms with Gasteiger partial charge in [-0.15, -0.1) is 0 Å². The van der Waals surface area contributed by atoms with Gasteiger partial charge in [-0.1, -0.05) is 33.3 Å². The number of hydrogen-bond acceptors (Lipinski definition) is 6. The van der Waals surface area contributed by atoms with Gasteiger partial charge in [0.05, 0.1) is 34.9 Å². The van der Waals surface area contributed by atoms with Crippen molar-refractivity contribution in [2.24, 2.45) is 10.4 Å². The van der Waals surface area contributed by atoms with Crippen LogP contribution in [0.25, 0.3) is 0 Å². The first kappa shape index (κ1) is 27.3. The number of carbonyl (C=O) groups is 2. The third kappa shape index (κ3) is 9.10. The number of urea groups is 1. The fraction of sp³-hybridized carbons (Fsp3) is 0.385. The zero-order valence-electron chi connectivity index (χ0n) is 20.9. The van der Waals surface area contributed by atoms with Crippen molar-refractivity contribution in [3.8, 4) is 6.07 Å². The van der Waals surface area contributed by atoms with E-state index in [9.17, 15) is 14.7 Å². The highest BCUT2D eigenvalue weighted by Crippen LogP contribution is 2.31. The minimum Gasteiger partial charge on any atom is -0.389 e. The molecule has 0 aliphatic rings. The lowest BCUT2D eigenvalue weighted by molar-refractivity contribution is -0.124. The lowest BCUT2D eigenvalue weighted by Gasteiger charge is -2.23. The molecule has 0 fully saturated rings. The number of aliphatic imine (C=N–C) groups is 1. The molecule has 0 spiro atoms. The van der Waals surface area contributed by atoms with Gasteiger partial charge in [0.1, 0.15) is 0 Å². The van der Waals surface area contributed by atoms with Gasteiger partial charge in [-0.05, 0) is 56.7 Å². The normalized spacial score (nSPS) is 11.6. The summed E-state index contributed by atoms with van der Waals surface area (Å²) < 4.78 is 0. The van der Waals surface area contributed by atoms with Gasteiger partial charge < -0.3 is 21.1 Å². The predicted molar refractivity (Wildman–Crippen MR) is 140 cm³/mol. The van der Waals surface area contributed by atoms with Crippen LogP contribution in [0.3, 0.4) is 0 Å². The Hall–Kier alpha value is -3.90. The van der Waals surface area contributed by atoms with Crippen LogP contribution >= 0.6 is 0 Å². The highest BCUT2D eigenvalue weighted by atomic mass is 16.3. The van der Waals surface area contributed by atoms with Gasteiger partial charge in [0.2, 0.25) is 5.91 Å². The van der Waals surface area contributed by atoms with Crippen LogP contribution in [0.4, 0.5) is 27.5 Å². The highest BCUT2D eigenvalue weighted by Gasteiger charge is 2.26. The summed E-state index contributed by atoms with van der Waals surface area (Å²) in [6.45, 7) is 9.47. The van der Waals surface area contributed by atoms with E-state index in [0.717, 1.165) is 12.8 Å². The molecule has 186 valence electrons. The minimum absolute atomic E-state index is 0.0939. The zero-order valence-corrected chi connectivity index (χ0v) is 20.9. The Kier molecular flexibility index (Phi) is 9.37. The highest BCUT2D eigenvalue weighted by molar-refractivity contribution is 5.98. The van der Waals surface area contributed by atoms with Crippen molar-refractivity contribution < 1.29 is 14.7 Å². The standard InChI is InChI=1S/C26H34N6O3/c1-6-12-25(2,3)23(33)31-20-10-11-21(28-16-26(4,5)35)22(14-20)29-17-30-24(34)32-19-9-7-8-18(13-19)15-27/h7-11,13-14,17,28,35H,6,12,16H2,1-5H3,(H,31,33)(H2,29,30,32,34). The van der Waals surface area contributed by atoms with E-state index in [1.807, 2.05) is 26.8 Å². The molecule has 0 atom stereocenters. The molecule has 0 heterocycles. The molecular formula is C26H34N6O3. The number of hydrogen-bond donors (Lipinski definition) is 5. The van der Waals surface area contributed by atoms with Crippen molar-refractivity contribution in [1.29, 1.82) is 5.26 Å². The topological polar surface area (TPSA) is 139 Å². The van der Waals surface area contributed by atoms with Crippen molar-refractivity contribution >= 4 is 41.0 Å². The largest absolute Gasteiger partial charge is 0.389 e. The number of nitrogens with zero attached hydrogens (tertiary/aromatic N) is 2. The average molecular weight is 479 g/mol.